The summed E-state index contributed by atoms with van der Waals surface area (Å²) in [6.45, 7) is -0.0886. The van der Waals surface area contributed by atoms with Crippen molar-refractivity contribution in [2.45, 2.75) is 0 Å². The number of benzene rings is 2. The first-order valence-corrected chi connectivity index (χ1v) is 7.34. The summed E-state index contributed by atoms with van der Waals surface area (Å²) in [5, 5.41) is 29.2. The number of carbonyl (C=O) groups is 1. The average molecular weight is 354 g/mol. The zero-order chi connectivity index (χ0) is 19.1. The van der Waals surface area contributed by atoms with E-state index < -0.39 is 16.4 Å². The Labute approximate surface area is 148 Å². The Morgan fingerprint density at radius 1 is 1.35 bits per heavy atom. The molecule has 0 aliphatic rings. The van der Waals surface area contributed by atoms with E-state index in [1.165, 1.54) is 25.3 Å². The Kier molecular flexibility index (Phi) is 5.90. The first-order chi connectivity index (χ1) is 12.5. The van der Waals surface area contributed by atoms with Gasteiger partial charge in [0.1, 0.15) is 11.8 Å². The van der Waals surface area contributed by atoms with Crippen molar-refractivity contribution in [2.75, 3.05) is 13.7 Å². The number of rotatable bonds is 7. The summed E-state index contributed by atoms with van der Waals surface area (Å²) >= 11 is 0. The molecule has 2 aromatic rings. The number of aromatic hydroxyl groups is 1. The molecular formula is C18H14N2O6. The topological polar surface area (TPSA) is 123 Å². The van der Waals surface area contributed by atoms with Crippen molar-refractivity contribution in [1.29, 1.82) is 5.26 Å². The minimum absolute atomic E-state index is 0.0645. The van der Waals surface area contributed by atoms with E-state index in [0.29, 0.717) is 16.9 Å². The maximum absolute atomic E-state index is 12.2. The molecule has 2 aromatic carbocycles. The Balaban J connectivity index is 2.21. The summed E-state index contributed by atoms with van der Waals surface area (Å²) in [5.74, 6) is -0.503. The fraction of sp³-hybridized carbons (Fsp3) is 0.111. The lowest BCUT2D eigenvalue weighted by Gasteiger charge is -2.05. The molecule has 0 radical (unpaired) electrons. The van der Waals surface area contributed by atoms with Gasteiger partial charge in [-0.1, -0.05) is 6.08 Å². The molecule has 0 saturated heterocycles. The van der Waals surface area contributed by atoms with Crippen LogP contribution in [0, 0.1) is 21.4 Å². The van der Waals surface area contributed by atoms with E-state index in [4.69, 9.17) is 14.7 Å². The number of nitro groups is 1. The molecule has 0 amide bonds. The first-order valence-electron chi connectivity index (χ1n) is 7.34. The van der Waals surface area contributed by atoms with E-state index in [-0.39, 0.29) is 18.1 Å². The predicted molar refractivity (Wildman–Crippen MR) is 92.2 cm³/mol. The molecule has 0 bridgehead atoms. The fourth-order valence-electron chi connectivity index (χ4n) is 2.10. The molecule has 0 atom stereocenters. The van der Waals surface area contributed by atoms with Crippen LogP contribution in [0.4, 0.5) is 5.69 Å². The van der Waals surface area contributed by atoms with Crippen molar-refractivity contribution in [1.82, 2.24) is 0 Å². The molecule has 0 aliphatic heterocycles. The largest absolute Gasteiger partial charge is 0.500 e. The van der Waals surface area contributed by atoms with Gasteiger partial charge < -0.3 is 14.6 Å². The lowest BCUT2D eigenvalue weighted by Crippen LogP contribution is -1.97. The van der Waals surface area contributed by atoms with Gasteiger partial charge in [0.2, 0.25) is 5.75 Å². The number of phenolic OH excluding ortho intramolecular Hbond substituents is 1. The van der Waals surface area contributed by atoms with Crippen molar-refractivity contribution < 1.29 is 24.3 Å². The van der Waals surface area contributed by atoms with Crippen LogP contribution in [0.15, 0.2) is 42.5 Å². The molecule has 0 spiro atoms. The number of carbonyl (C=O) groups excluding carboxylic acids is 1. The lowest BCUT2D eigenvalue weighted by atomic mass is 10.1. The van der Waals surface area contributed by atoms with E-state index in [1.807, 2.05) is 6.07 Å². The molecule has 26 heavy (non-hydrogen) atoms. The predicted octanol–water partition coefficient (Wildman–Crippen LogP) is 3.11. The van der Waals surface area contributed by atoms with Crippen molar-refractivity contribution >= 4 is 17.5 Å². The van der Waals surface area contributed by atoms with Gasteiger partial charge in [-0.2, -0.15) is 5.26 Å². The summed E-state index contributed by atoms with van der Waals surface area (Å²) in [4.78, 5) is 22.4. The highest BCUT2D eigenvalue weighted by atomic mass is 16.6. The van der Waals surface area contributed by atoms with Gasteiger partial charge in [0.25, 0.3) is 0 Å². The first kappa shape index (κ1) is 18.5. The van der Waals surface area contributed by atoms with Crippen LogP contribution in [0.1, 0.15) is 15.9 Å². The van der Waals surface area contributed by atoms with Gasteiger partial charge in [0.05, 0.1) is 12.0 Å². The van der Waals surface area contributed by atoms with Gasteiger partial charge in [-0.25, -0.2) is 0 Å². The molecular weight excluding hydrogens is 340 g/mol. The lowest BCUT2D eigenvalue weighted by molar-refractivity contribution is -0.386. The van der Waals surface area contributed by atoms with Gasteiger partial charge in [-0.3, -0.25) is 14.9 Å². The number of ether oxygens (including phenoxy) is 2. The Morgan fingerprint density at radius 3 is 2.62 bits per heavy atom. The third-order valence-electron chi connectivity index (χ3n) is 3.36. The summed E-state index contributed by atoms with van der Waals surface area (Å²) < 4.78 is 10.0. The van der Waals surface area contributed by atoms with Gasteiger partial charge in [-0.05, 0) is 42.0 Å². The standard InChI is InChI=1S/C18H14N2O6/c1-25-17-11-12(10-15(18(17)22)20(23)24)2-7-16(21)13-3-5-14(6-4-13)26-9-8-19/h2-7,10-11,22H,9H2,1H3/b7-2+. The number of hydrogen-bond acceptors (Lipinski definition) is 7. The number of hydrogen-bond donors (Lipinski definition) is 1. The minimum Gasteiger partial charge on any atom is -0.500 e. The average Bonchev–Trinajstić information content (AvgIpc) is 2.65. The van der Waals surface area contributed by atoms with Gasteiger partial charge in [-0.15, -0.1) is 0 Å². The number of nitrogens with zero attached hydrogens (tertiary/aromatic N) is 2. The molecule has 8 heteroatoms. The van der Waals surface area contributed by atoms with Crippen molar-refractivity contribution in [2.24, 2.45) is 0 Å². The number of nitriles is 1. The highest BCUT2D eigenvalue weighted by Crippen LogP contribution is 2.37. The van der Waals surface area contributed by atoms with Crippen molar-refractivity contribution in [3.63, 3.8) is 0 Å². The Bertz CT molecular complexity index is 897. The van der Waals surface area contributed by atoms with E-state index in [1.54, 1.807) is 24.3 Å². The molecule has 132 valence electrons. The monoisotopic (exact) mass is 354 g/mol. The third-order valence-corrected chi connectivity index (χ3v) is 3.36. The number of phenols is 1. The van der Waals surface area contributed by atoms with E-state index in [2.05, 4.69) is 0 Å². The summed E-state index contributed by atoms with van der Waals surface area (Å²) in [5.41, 5.74) is 0.190. The highest BCUT2D eigenvalue weighted by molar-refractivity contribution is 6.06. The van der Waals surface area contributed by atoms with Crippen molar-refractivity contribution in [3.8, 4) is 23.3 Å². The molecule has 0 aromatic heterocycles. The smallest absolute Gasteiger partial charge is 0.315 e. The SMILES string of the molecule is COc1cc(/C=C/C(=O)c2ccc(OCC#N)cc2)cc([N+](=O)[O-])c1O. The second kappa shape index (κ2) is 8.30. The summed E-state index contributed by atoms with van der Waals surface area (Å²) in [7, 11) is 1.27. The van der Waals surface area contributed by atoms with Crippen LogP contribution in [0.5, 0.6) is 17.2 Å². The Hall–Kier alpha value is -3.86. The second-order valence-corrected chi connectivity index (χ2v) is 5.02. The molecule has 8 nitrogen and oxygen atoms in total. The van der Waals surface area contributed by atoms with Crippen LogP contribution in [-0.4, -0.2) is 29.5 Å². The number of ketones is 1. The Morgan fingerprint density at radius 2 is 2.04 bits per heavy atom. The fourth-order valence-corrected chi connectivity index (χ4v) is 2.10. The quantitative estimate of drug-likeness (QED) is 0.351. The van der Waals surface area contributed by atoms with Gasteiger partial charge in [0, 0.05) is 11.6 Å². The maximum atomic E-state index is 12.2. The van der Waals surface area contributed by atoms with Crippen LogP contribution < -0.4 is 9.47 Å². The van der Waals surface area contributed by atoms with Crippen LogP contribution in [0.25, 0.3) is 6.08 Å². The van der Waals surface area contributed by atoms with Gasteiger partial charge >= 0.3 is 5.69 Å². The minimum atomic E-state index is -0.739. The van der Waals surface area contributed by atoms with Crippen molar-refractivity contribution in [3.05, 3.63) is 63.7 Å². The number of allylic oxidation sites excluding steroid dienone is 1. The highest BCUT2D eigenvalue weighted by Gasteiger charge is 2.19. The summed E-state index contributed by atoms with van der Waals surface area (Å²) in [6, 6.07) is 10.6. The molecule has 0 unspecified atom stereocenters. The third kappa shape index (κ3) is 4.36. The maximum Gasteiger partial charge on any atom is 0.315 e. The molecule has 2 rings (SSSR count). The van der Waals surface area contributed by atoms with E-state index in [9.17, 15) is 20.0 Å². The zero-order valence-corrected chi connectivity index (χ0v) is 13.7. The van der Waals surface area contributed by atoms with E-state index >= 15 is 0 Å². The number of nitro benzene ring substituents is 1. The van der Waals surface area contributed by atoms with Gasteiger partial charge in [0.15, 0.2) is 18.1 Å². The molecule has 0 saturated carbocycles. The molecule has 1 N–H and O–H groups in total. The van der Waals surface area contributed by atoms with Crippen LogP contribution in [0.3, 0.4) is 0 Å². The van der Waals surface area contributed by atoms with Crippen LogP contribution >= 0.6 is 0 Å². The number of methoxy groups -OCH3 is 1. The molecule has 0 aliphatic carbocycles. The molecule has 0 fully saturated rings. The molecule has 0 heterocycles. The summed E-state index contributed by atoms with van der Waals surface area (Å²) in [6.07, 6.45) is 2.64. The van der Waals surface area contributed by atoms with Crippen LogP contribution in [-0.2, 0) is 0 Å². The zero-order valence-electron chi connectivity index (χ0n) is 13.7. The van der Waals surface area contributed by atoms with E-state index in [0.717, 1.165) is 6.07 Å². The normalized spacial score (nSPS) is 10.3. The second-order valence-electron chi connectivity index (χ2n) is 5.02. The van der Waals surface area contributed by atoms with Crippen LogP contribution in [0.2, 0.25) is 0 Å².